The molecule has 29 heavy (non-hydrogen) atoms. The van der Waals surface area contributed by atoms with Gasteiger partial charge in [-0.1, -0.05) is 18.2 Å². The molecular formula is C23H25N3O3. The number of aromatic nitrogens is 2. The molecule has 6 heteroatoms. The molecule has 1 heterocycles. The van der Waals surface area contributed by atoms with Crippen molar-refractivity contribution in [3.8, 4) is 11.5 Å². The molecular weight excluding hydrogens is 366 g/mol. The number of ether oxygens (including phenoxy) is 2. The number of nitrogens with one attached hydrogen (secondary N) is 1. The van der Waals surface area contributed by atoms with Gasteiger partial charge in [-0.25, -0.2) is 0 Å². The van der Waals surface area contributed by atoms with Crippen LogP contribution in [0.25, 0.3) is 6.08 Å². The van der Waals surface area contributed by atoms with Crippen LogP contribution in [-0.4, -0.2) is 28.9 Å². The maximum Gasteiger partial charge on any atom is 0.248 e. The Morgan fingerprint density at radius 3 is 2.52 bits per heavy atom. The predicted octanol–water partition coefficient (Wildman–Crippen LogP) is 4.38. The first kappa shape index (κ1) is 20.2. The molecule has 0 unspecified atom stereocenters. The van der Waals surface area contributed by atoms with Crippen molar-refractivity contribution in [3.05, 3.63) is 78.1 Å². The van der Waals surface area contributed by atoms with Crippen molar-refractivity contribution in [3.63, 3.8) is 0 Å². The number of carbonyl (C=O) groups is 1. The van der Waals surface area contributed by atoms with Crippen LogP contribution in [-0.2, 0) is 11.3 Å². The second-order valence-corrected chi connectivity index (χ2v) is 6.30. The average Bonchev–Trinajstić information content (AvgIpc) is 3.23. The summed E-state index contributed by atoms with van der Waals surface area (Å²) < 4.78 is 13.0. The average molecular weight is 391 g/mol. The van der Waals surface area contributed by atoms with E-state index in [2.05, 4.69) is 10.4 Å². The molecule has 1 amide bonds. The monoisotopic (exact) mass is 391 g/mol. The highest BCUT2D eigenvalue weighted by atomic mass is 16.5. The molecule has 0 aliphatic carbocycles. The Morgan fingerprint density at radius 2 is 1.83 bits per heavy atom. The number of hydrogen-bond acceptors (Lipinski definition) is 4. The summed E-state index contributed by atoms with van der Waals surface area (Å²) >= 11 is 0. The van der Waals surface area contributed by atoms with Crippen LogP contribution in [0, 0.1) is 0 Å². The van der Waals surface area contributed by atoms with Gasteiger partial charge >= 0.3 is 0 Å². The molecule has 3 aromatic rings. The van der Waals surface area contributed by atoms with E-state index in [9.17, 15) is 4.79 Å². The number of nitrogens with zero attached hydrogens (tertiary/aromatic N) is 2. The molecule has 0 bridgehead atoms. The summed E-state index contributed by atoms with van der Waals surface area (Å²) in [7, 11) is 0. The molecule has 1 N–H and O–H groups in total. The molecule has 3 rings (SSSR count). The van der Waals surface area contributed by atoms with E-state index in [-0.39, 0.29) is 5.91 Å². The maximum absolute atomic E-state index is 12.2. The SMILES string of the molecule is CCOc1ccc(C=CC(=O)Nc2ccc(Cn3cccn3)cc2)cc1OCC. The highest BCUT2D eigenvalue weighted by Crippen LogP contribution is 2.29. The summed E-state index contributed by atoms with van der Waals surface area (Å²) in [5.74, 6) is 1.17. The smallest absolute Gasteiger partial charge is 0.248 e. The van der Waals surface area contributed by atoms with Crippen molar-refractivity contribution in [2.24, 2.45) is 0 Å². The number of hydrogen-bond donors (Lipinski definition) is 1. The van der Waals surface area contributed by atoms with Crippen molar-refractivity contribution in [1.82, 2.24) is 9.78 Å². The molecule has 0 fully saturated rings. The minimum absolute atomic E-state index is 0.198. The second-order valence-electron chi connectivity index (χ2n) is 6.30. The molecule has 0 saturated carbocycles. The van der Waals surface area contributed by atoms with Crippen molar-refractivity contribution >= 4 is 17.7 Å². The Kier molecular flexibility index (Phi) is 7.05. The number of anilines is 1. The van der Waals surface area contributed by atoms with Gasteiger partial charge in [0.2, 0.25) is 5.91 Å². The molecule has 150 valence electrons. The lowest BCUT2D eigenvalue weighted by molar-refractivity contribution is -0.111. The molecule has 6 nitrogen and oxygen atoms in total. The molecule has 0 spiro atoms. The Balaban J connectivity index is 1.59. The van der Waals surface area contributed by atoms with Crippen LogP contribution in [0.4, 0.5) is 5.69 Å². The third-order valence-electron chi connectivity index (χ3n) is 4.12. The molecule has 0 aliphatic heterocycles. The minimum Gasteiger partial charge on any atom is -0.490 e. The fraction of sp³-hybridized carbons (Fsp3) is 0.217. The van der Waals surface area contributed by atoms with E-state index in [1.165, 1.54) is 6.08 Å². The van der Waals surface area contributed by atoms with E-state index in [0.717, 1.165) is 16.8 Å². The van der Waals surface area contributed by atoms with Crippen LogP contribution < -0.4 is 14.8 Å². The number of carbonyl (C=O) groups excluding carboxylic acids is 1. The molecule has 0 radical (unpaired) electrons. The topological polar surface area (TPSA) is 65.4 Å². The van der Waals surface area contributed by atoms with Crippen molar-refractivity contribution in [1.29, 1.82) is 0 Å². The van der Waals surface area contributed by atoms with Crippen LogP contribution in [0.15, 0.2) is 67.0 Å². The largest absolute Gasteiger partial charge is 0.490 e. The van der Waals surface area contributed by atoms with Gasteiger partial charge in [0.1, 0.15) is 0 Å². The lowest BCUT2D eigenvalue weighted by atomic mass is 10.2. The third-order valence-corrected chi connectivity index (χ3v) is 4.12. The lowest BCUT2D eigenvalue weighted by Crippen LogP contribution is -2.08. The van der Waals surface area contributed by atoms with Gasteiger partial charge in [0, 0.05) is 24.2 Å². The fourth-order valence-electron chi connectivity index (χ4n) is 2.80. The van der Waals surface area contributed by atoms with E-state index in [1.807, 2.05) is 73.3 Å². The Morgan fingerprint density at radius 1 is 1.07 bits per heavy atom. The lowest BCUT2D eigenvalue weighted by Gasteiger charge is -2.11. The van der Waals surface area contributed by atoms with E-state index in [1.54, 1.807) is 12.3 Å². The molecule has 0 saturated heterocycles. The van der Waals surface area contributed by atoms with Crippen molar-refractivity contribution < 1.29 is 14.3 Å². The molecule has 0 atom stereocenters. The van der Waals surface area contributed by atoms with E-state index >= 15 is 0 Å². The minimum atomic E-state index is -0.198. The van der Waals surface area contributed by atoms with Gasteiger partial charge < -0.3 is 14.8 Å². The Hall–Kier alpha value is -3.54. The number of rotatable bonds is 9. The van der Waals surface area contributed by atoms with Gasteiger partial charge in [0.25, 0.3) is 0 Å². The highest BCUT2D eigenvalue weighted by molar-refractivity contribution is 6.01. The quantitative estimate of drug-likeness (QED) is 0.550. The van der Waals surface area contributed by atoms with E-state index in [0.29, 0.717) is 31.3 Å². The standard InChI is InChI=1S/C23H25N3O3/c1-3-28-21-12-8-18(16-22(21)29-4-2)9-13-23(27)25-20-10-6-19(7-11-20)17-26-15-5-14-24-26/h5-16H,3-4,17H2,1-2H3,(H,25,27). The first-order valence-corrected chi connectivity index (χ1v) is 9.63. The van der Waals surface area contributed by atoms with Crippen LogP contribution >= 0.6 is 0 Å². The normalized spacial score (nSPS) is 10.8. The zero-order chi connectivity index (χ0) is 20.5. The van der Waals surface area contributed by atoms with E-state index < -0.39 is 0 Å². The first-order chi connectivity index (χ1) is 14.2. The summed E-state index contributed by atoms with van der Waals surface area (Å²) in [5.41, 5.74) is 2.72. The zero-order valence-corrected chi connectivity index (χ0v) is 16.7. The van der Waals surface area contributed by atoms with Gasteiger partial charge in [-0.15, -0.1) is 0 Å². The maximum atomic E-state index is 12.2. The van der Waals surface area contributed by atoms with Crippen LogP contribution in [0.5, 0.6) is 11.5 Å². The summed E-state index contributed by atoms with van der Waals surface area (Å²) in [6.07, 6.45) is 6.92. The summed E-state index contributed by atoms with van der Waals surface area (Å²) in [5, 5.41) is 7.06. The Labute approximate surface area is 170 Å². The predicted molar refractivity (Wildman–Crippen MR) is 114 cm³/mol. The van der Waals surface area contributed by atoms with Gasteiger partial charge in [-0.05, 0) is 61.4 Å². The van der Waals surface area contributed by atoms with Gasteiger partial charge in [0.05, 0.1) is 19.8 Å². The van der Waals surface area contributed by atoms with Gasteiger partial charge in [0.15, 0.2) is 11.5 Å². The van der Waals surface area contributed by atoms with Crippen LogP contribution in [0.2, 0.25) is 0 Å². The molecule has 0 aliphatic rings. The second kappa shape index (κ2) is 10.1. The number of amides is 1. The zero-order valence-electron chi connectivity index (χ0n) is 16.7. The van der Waals surface area contributed by atoms with Gasteiger partial charge in [-0.2, -0.15) is 5.10 Å². The summed E-state index contributed by atoms with van der Waals surface area (Å²) in [6, 6.07) is 15.2. The van der Waals surface area contributed by atoms with Crippen LogP contribution in [0.3, 0.4) is 0 Å². The number of benzene rings is 2. The van der Waals surface area contributed by atoms with Crippen molar-refractivity contribution in [2.75, 3.05) is 18.5 Å². The highest BCUT2D eigenvalue weighted by Gasteiger charge is 2.05. The summed E-state index contributed by atoms with van der Waals surface area (Å²) in [4.78, 5) is 12.2. The fourth-order valence-corrected chi connectivity index (χ4v) is 2.80. The third kappa shape index (κ3) is 5.97. The van der Waals surface area contributed by atoms with Crippen LogP contribution in [0.1, 0.15) is 25.0 Å². The molecule has 1 aromatic heterocycles. The molecule has 2 aromatic carbocycles. The van der Waals surface area contributed by atoms with E-state index in [4.69, 9.17) is 9.47 Å². The first-order valence-electron chi connectivity index (χ1n) is 9.63. The van der Waals surface area contributed by atoms with Crippen molar-refractivity contribution in [2.45, 2.75) is 20.4 Å². The summed E-state index contributed by atoms with van der Waals surface area (Å²) in [6.45, 7) is 5.66. The Bertz CT molecular complexity index is 948. The van der Waals surface area contributed by atoms with Gasteiger partial charge in [-0.3, -0.25) is 9.48 Å².